The number of aromatic nitrogens is 2. The second kappa shape index (κ2) is 7.08. The van der Waals surface area contributed by atoms with Crippen molar-refractivity contribution in [2.75, 3.05) is 6.54 Å². The van der Waals surface area contributed by atoms with Gasteiger partial charge < -0.3 is 10.3 Å². The molecular weight excluding hydrogens is 276 g/mol. The summed E-state index contributed by atoms with van der Waals surface area (Å²) >= 11 is 0. The SMILES string of the molecule is CC(C)Cn1cnc(S(=O)(=O)N[C@@H](C)CN)c1.Cl. The van der Waals surface area contributed by atoms with Gasteiger partial charge in [-0.05, 0) is 12.8 Å². The molecule has 1 atom stereocenters. The van der Waals surface area contributed by atoms with Gasteiger partial charge in [0.25, 0.3) is 10.0 Å². The molecule has 0 aliphatic rings. The fraction of sp³-hybridized carbons (Fsp3) is 0.700. The zero-order valence-electron chi connectivity index (χ0n) is 10.8. The van der Waals surface area contributed by atoms with Crippen molar-refractivity contribution in [1.82, 2.24) is 14.3 Å². The lowest BCUT2D eigenvalue weighted by atomic mass is 10.2. The van der Waals surface area contributed by atoms with Crippen LogP contribution in [0.5, 0.6) is 0 Å². The van der Waals surface area contributed by atoms with Crippen LogP contribution in [0.4, 0.5) is 0 Å². The lowest BCUT2D eigenvalue weighted by molar-refractivity contribution is 0.521. The van der Waals surface area contributed by atoms with Gasteiger partial charge in [0.1, 0.15) is 0 Å². The van der Waals surface area contributed by atoms with E-state index in [1.807, 2.05) is 0 Å². The molecular formula is C10H21ClN4O2S. The van der Waals surface area contributed by atoms with Crippen LogP contribution >= 0.6 is 12.4 Å². The Kier molecular flexibility index (Phi) is 6.83. The van der Waals surface area contributed by atoms with Gasteiger partial charge in [0.05, 0.1) is 6.33 Å². The highest BCUT2D eigenvalue weighted by atomic mass is 35.5. The number of halogens is 1. The minimum atomic E-state index is -3.55. The minimum Gasteiger partial charge on any atom is -0.336 e. The zero-order chi connectivity index (χ0) is 13.1. The zero-order valence-corrected chi connectivity index (χ0v) is 12.5. The van der Waals surface area contributed by atoms with Crippen molar-refractivity contribution < 1.29 is 8.42 Å². The van der Waals surface area contributed by atoms with Crippen molar-refractivity contribution in [3.63, 3.8) is 0 Å². The number of rotatable bonds is 6. The van der Waals surface area contributed by atoms with E-state index in [0.29, 0.717) is 5.92 Å². The average Bonchev–Trinajstić information content (AvgIpc) is 2.65. The monoisotopic (exact) mass is 296 g/mol. The molecule has 0 radical (unpaired) electrons. The molecule has 106 valence electrons. The highest BCUT2D eigenvalue weighted by Gasteiger charge is 2.19. The summed E-state index contributed by atoms with van der Waals surface area (Å²) in [6, 6.07) is -0.296. The number of sulfonamides is 1. The lowest BCUT2D eigenvalue weighted by Gasteiger charge is -2.09. The molecule has 0 spiro atoms. The molecule has 0 saturated carbocycles. The van der Waals surface area contributed by atoms with Crippen LogP contribution in [-0.4, -0.2) is 30.6 Å². The number of hydrogen-bond acceptors (Lipinski definition) is 4. The molecule has 8 heteroatoms. The first-order valence-electron chi connectivity index (χ1n) is 5.59. The maximum absolute atomic E-state index is 11.9. The maximum Gasteiger partial charge on any atom is 0.259 e. The summed E-state index contributed by atoms with van der Waals surface area (Å²) in [4.78, 5) is 3.90. The average molecular weight is 297 g/mol. The Bertz CT molecular complexity index is 458. The van der Waals surface area contributed by atoms with E-state index in [0.717, 1.165) is 6.54 Å². The number of nitrogens with one attached hydrogen (secondary N) is 1. The minimum absolute atomic E-state index is 0. The number of nitrogens with two attached hydrogens (primary N) is 1. The van der Waals surface area contributed by atoms with E-state index in [1.54, 1.807) is 11.5 Å². The summed E-state index contributed by atoms with van der Waals surface area (Å²) in [5.41, 5.74) is 5.38. The summed E-state index contributed by atoms with van der Waals surface area (Å²) in [6.07, 6.45) is 3.06. The third-order valence-corrected chi connectivity index (χ3v) is 3.64. The van der Waals surface area contributed by atoms with Crippen molar-refractivity contribution in [2.24, 2.45) is 11.7 Å². The van der Waals surface area contributed by atoms with Crippen LogP contribution in [-0.2, 0) is 16.6 Å². The van der Waals surface area contributed by atoms with Gasteiger partial charge in [-0.25, -0.2) is 18.1 Å². The Morgan fingerprint density at radius 2 is 2.06 bits per heavy atom. The van der Waals surface area contributed by atoms with Crippen LogP contribution in [0.2, 0.25) is 0 Å². The predicted molar refractivity (Wildman–Crippen MR) is 73.2 cm³/mol. The van der Waals surface area contributed by atoms with Crippen LogP contribution in [0, 0.1) is 5.92 Å². The standard InChI is InChI=1S/C10H20N4O2S.ClH/c1-8(2)5-14-6-10(12-7-14)17(15,16)13-9(3)4-11;/h6-9,13H,4-5,11H2,1-3H3;1H/t9-;/m0./s1. The molecule has 0 aromatic carbocycles. The molecule has 0 bridgehead atoms. The number of hydrogen-bond donors (Lipinski definition) is 2. The second-order valence-electron chi connectivity index (χ2n) is 4.56. The molecule has 1 heterocycles. The molecule has 0 fully saturated rings. The van der Waals surface area contributed by atoms with Crippen LogP contribution in [0.15, 0.2) is 17.6 Å². The van der Waals surface area contributed by atoms with Crippen LogP contribution < -0.4 is 10.5 Å². The van der Waals surface area contributed by atoms with Crippen molar-refractivity contribution in [3.8, 4) is 0 Å². The van der Waals surface area contributed by atoms with E-state index in [2.05, 4.69) is 23.6 Å². The highest BCUT2D eigenvalue weighted by molar-refractivity contribution is 7.89. The van der Waals surface area contributed by atoms with Crippen molar-refractivity contribution in [1.29, 1.82) is 0 Å². The highest BCUT2D eigenvalue weighted by Crippen LogP contribution is 2.07. The van der Waals surface area contributed by atoms with Gasteiger partial charge in [0.15, 0.2) is 5.03 Å². The first-order chi connectivity index (χ1) is 7.85. The molecule has 1 aromatic rings. The normalized spacial score (nSPS) is 13.4. The van der Waals surface area contributed by atoms with Gasteiger partial charge in [-0.3, -0.25) is 0 Å². The Labute approximate surface area is 114 Å². The first kappa shape index (κ1) is 17.4. The second-order valence-corrected chi connectivity index (χ2v) is 6.22. The summed E-state index contributed by atoms with van der Waals surface area (Å²) in [5, 5.41) is 0.0402. The molecule has 0 aliphatic carbocycles. The van der Waals surface area contributed by atoms with Gasteiger partial charge in [-0.1, -0.05) is 13.8 Å². The van der Waals surface area contributed by atoms with E-state index in [1.165, 1.54) is 12.5 Å². The van der Waals surface area contributed by atoms with Gasteiger partial charge in [0.2, 0.25) is 0 Å². The topological polar surface area (TPSA) is 90.0 Å². The van der Waals surface area contributed by atoms with Crippen LogP contribution in [0.25, 0.3) is 0 Å². The molecule has 1 rings (SSSR count). The van der Waals surface area contributed by atoms with Gasteiger partial charge >= 0.3 is 0 Å². The molecule has 18 heavy (non-hydrogen) atoms. The summed E-state index contributed by atoms with van der Waals surface area (Å²) in [5.74, 6) is 0.440. The van der Waals surface area contributed by atoms with E-state index in [-0.39, 0.29) is 30.0 Å². The van der Waals surface area contributed by atoms with Crippen LogP contribution in [0.3, 0.4) is 0 Å². The Morgan fingerprint density at radius 3 is 2.56 bits per heavy atom. The van der Waals surface area contributed by atoms with E-state index >= 15 is 0 Å². The molecule has 0 saturated heterocycles. The predicted octanol–water partition coefficient (Wildman–Crippen LogP) is 0.586. The summed E-state index contributed by atoms with van der Waals surface area (Å²) in [7, 11) is -3.55. The number of nitrogens with zero attached hydrogens (tertiary/aromatic N) is 2. The third-order valence-electron chi connectivity index (χ3n) is 2.17. The summed E-state index contributed by atoms with van der Waals surface area (Å²) in [6.45, 7) is 6.83. The Hall–Kier alpha value is -0.630. The van der Waals surface area contributed by atoms with E-state index in [9.17, 15) is 8.42 Å². The molecule has 3 N–H and O–H groups in total. The van der Waals surface area contributed by atoms with E-state index in [4.69, 9.17) is 5.73 Å². The largest absolute Gasteiger partial charge is 0.336 e. The quantitative estimate of drug-likeness (QED) is 0.804. The molecule has 1 aromatic heterocycles. The third kappa shape index (κ3) is 4.93. The fourth-order valence-corrected chi connectivity index (χ4v) is 2.58. The Balaban J connectivity index is 0.00000289. The molecule has 0 amide bonds. The smallest absolute Gasteiger partial charge is 0.259 e. The molecule has 6 nitrogen and oxygen atoms in total. The van der Waals surface area contributed by atoms with Crippen LogP contribution in [0.1, 0.15) is 20.8 Å². The van der Waals surface area contributed by atoms with Crippen molar-refractivity contribution >= 4 is 22.4 Å². The fourth-order valence-electron chi connectivity index (χ4n) is 1.37. The summed E-state index contributed by atoms with van der Waals surface area (Å²) < 4.78 is 27.9. The maximum atomic E-state index is 11.9. The van der Waals surface area contributed by atoms with Gasteiger partial charge in [-0.15, -0.1) is 12.4 Å². The Morgan fingerprint density at radius 1 is 1.44 bits per heavy atom. The van der Waals surface area contributed by atoms with E-state index < -0.39 is 10.0 Å². The van der Waals surface area contributed by atoms with Crippen molar-refractivity contribution in [3.05, 3.63) is 12.5 Å². The number of imidazole rings is 1. The molecule has 0 unspecified atom stereocenters. The first-order valence-corrected chi connectivity index (χ1v) is 7.07. The van der Waals surface area contributed by atoms with Crippen molar-refractivity contribution in [2.45, 2.75) is 38.4 Å². The van der Waals surface area contributed by atoms with Gasteiger partial charge in [-0.2, -0.15) is 0 Å². The van der Waals surface area contributed by atoms with Gasteiger partial charge in [0, 0.05) is 25.3 Å². The molecule has 0 aliphatic heterocycles. The lowest BCUT2D eigenvalue weighted by Crippen LogP contribution is -2.37.